The van der Waals surface area contributed by atoms with Crippen LogP contribution in [0.1, 0.15) is 5.56 Å². The minimum Gasteiger partial charge on any atom is -0.497 e. The summed E-state index contributed by atoms with van der Waals surface area (Å²) in [4.78, 5) is 10.6. The number of nitrogens with zero attached hydrogens (tertiary/aromatic N) is 2. The van der Waals surface area contributed by atoms with Crippen LogP contribution in [0.25, 0.3) is 11.3 Å². The normalized spacial score (nSPS) is 10.5. The lowest BCUT2D eigenvalue weighted by Crippen LogP contribution is -2.02. The zero-order chi connectivity index (χ0) is 17.8. The second-order valence-corrected chi connectivity index (χ2v) is 6.50. The number of benzene rings is 2. The molecule has 0 atom stereocenters. The van der Waals surface area contributed by atoms with Gasteiger partial charge >= 0.3 is 0 Å². The smallest absolute Gasteiger partial charge is 0.233 e. The number of anilines is 1. The van der Waals surface area contributed by atoms with Gasteiger partial charge in [-0.1, -0.05) is 29.5 Å². The molecular weight excluding hydrogens is 334 g/mol. The van der Waals surface area contributed by atoms with Crippen molar-refractivity contribution in [1.82, 2.24) is 9.97 Å². The van der Waals surface area contributed by atoms with Crippen molar-refractivity contribution in [2.45, 2.75) is 16.7 Å². The second kappa shape index (κ2) is 7.44. The van der Waals surface area contributed by atoms with Crippen molar-refractivity contribution >= 4 is 17.7 Å². The van der Waals surface area contributed by atoms with Gasteiger partial charge in [-0.05, 0) is 43.3 Å². The summed E-state index contributed by atoms with van der Waals surface area (Å²) in [6.45, 7) is 2.06. The lowest BCUT2D eigenvalue weighted by atomic mass is 10.1. The molecule has 1 heterocycles. The van der Waals surface area contributed by atoms with E-state index in [2.05, 4.69) is 29.0 Å². The Morgan fingerprint density at radius 1 is 0.960 bits per heavy atom. The number of methoxy groups -OCH3 is 2. The van der Waals surface area contributed by atoms with Crippen LogP contribution in [0, 0.1) is 6.92 Å². The van der Waals surface area contributed by atoms with Crippen LogP contribution in [-0.2, 0) is 0 Å². The number of ether oxygens (including phenoxy) is 2. The molecule has 25 heavy (non-hydrogen) atoms. The molecule has 0 amide bonds. The maximum atomic E-state index is 5.88. The van der Waals surface area contributed by atoms with Gasteiger partial charge in [0.25, 0.3) is 0 Å². The van der Waals surface area contributed by atoms with E-state index in [0.29, 0.717) is 5.88 Å². The third kappa shape index (κ3) is 3.85. The van der Waals surface area contributed by atoms with Crippen LogP contribution < -0.4 is 15.2 Å². The average Bonchev–Trinajstić information content (AvgIpc) is 2.63. The minimum absolute atomic E-state index is 0.177. The van der Waals surface area contributed by atoms with Gasteiger partial charge in [0, 0.05) is 10.5 Å². The Morgan fingerprint density at radius 3 is 2.36 bits per heavy atom. The van der Waals surface area contributed by atoms with Gasteiger partial charge in [0.15, 0.2) is 0 Å². The Bertz CT molecular complexity index is 882. The van der Waals surface area contributed by atoms with Crippen LogP contribution >= 0.6 is 11.8 Å². The Labute approximate surface area is 151 Å². The third-order valence-corrected chi connectivity index (χ3v) is 4.68. The molecule has 0 aliphatic rings. The fourth-order valence-corrected chi connectivity index (χ4v) is 3.52. The highest BCUT2D eigenvalue weighted by molar-refractivity contribution is 7.99. The van der Waals surface area contributed by atoms with Crippen molar-refractivity contribution < 1.29 is 9.47 Å². The summed E-state index contributed by atoms with van der Waals surface area (Å²) in [5.41, 5.74) is 8.72. The van der Waals surface area contributed by atoms with Crippen LogP contribution in [0.15, 0.2) is 58.3 Å². The van der Waals surface area contributed by atoms with Crippen LogP contribution in [0.2, 0.25) is 0 Å². The summed E-state index contributed by atoms with van der Waals surface area (Å²) in [5, 5.41) is 0. The van der Waals surface area contributed by atoms with Gasteiger partial charge in [-0.15, -0.1) is 0 Å². The van der Waals surface area contributed by atoms with Gasteiger partial charge in [-0.3, -0.25) is 0 Å². The molecule has 0 bridgehead atoms. The summed E-state index contributed by atoms with van der Waals surface area (Å²) in [5.74, 6) is 1.42. The molecular formula is C19H19N3O2S. The topological polar surface area (TPSA) is 70.3 Å². The van der Waals surface area contributed by atoms with Gasteiger partial charge < -0.3 is 15.2 Å². The molecule has 0 fully saturated rings. The highest BCUT2D eigenvalue weighted by Gasteiger charge is 2.17. The Morgan fingerprint density at radius 2 is 1.72 bits per heavy atom. The first-order chi connectivity index (χ1) is 12.1. The molecule has 0 aliphatic heterocycles. The second-order valence-electron chi connectivity index (χ2n) is 5.42. The molecule has 0 saturated carbocycles. The Kier molecular flexibility index (Phi) is 5.09. The lowest BCUT2D eigenvalue weighted by Gasteiger charge is -2.13. The largest absolute Gasteiger partial charge is 0.497 e. The van der Waals surface area contributed by atoms with Crippen molar-refractivity contribution in [3.8, 4) is 22.9 Å². The van der Waals surface area contributed by atoms with E-state index in [-0.39, 0.29) is 5.95 Å². The minimum atomic E-state index is 0.177. The fraction of sp³-hybridized carbons (Fsp3) is 0.158. The zero-order valence-electron chi connectivity index (χ0n) is 14.3. The zero-order valence-corrected chi connectivity index (χ0v) is 15.1. The highest BCUT2D eigenvalue weighted by atomic mass is 32.2. The summed E-state index contributed by atoms with van der Waals surface area (Å²) in [6.07, 6.45) is 0. The molecule has 1 aromatic heterocycles. The maximum Gasteiger partial charge on any atom is 0.233 e. The average molecular weight is 353 g/mol. The number of aryl methyl sites for hydroxylation is 1. The molecule has 0 saturated heterocycles. The van der Waals surface area contributed by atoms with Crippen molar-refractivity contribution in [3.63, 3.8) is 0 Å². The van der Waals surface area contributed by atoms with Gasteiger partial charge in [0.1, 0.15) is 10.6 Å². The van der Waals surface area contributed by atoms with Gasteiger partial charge in [-0.2, -0.15) is 4.98 Å². The van der Waals surface area contributed by atoms with Gasteiger partial charge in [-0.25, -0.2) is 4.98 Å². The Hall–Kier alpha value is -2.73. The first kappa shape index (κ1) is 17.1. The SMILES string of the molecule is COc1ccc(-c2nc(N)nc(OC)c2Sc2cccc(C)c2)cc1. The van der Waals surface area contributed by atoms with Crippen LogP contribution in [0.3, 0.4) is 0 Å². The standard InChI is InChI=1S/C19H19N3O2S/c1-12-5-4-6-15(11-12)25-17-16(21-19(20)22-18(17)24-3)13-7-9-14(23-2)10-8-13/h4-11H,1-3H3,(H2,20,21,22). The number of nitrogens with two attached hydrogens (primary N) is 1. The van der Waals surface area contributed by atoms with Crippen molar-refractivity contribution in [1.29, 1.82) is 0 Å². The van der Waals surface area contributed by atoms with E-state index >= 15 is 0 Å². The van der Waals surface area contributed by atoms with E-state index in [1.165, 1.54) is 5.56 Å². The maximum absolute atomic E-state index is 5.88. The van der Waals surface area contributed by atoms with E-state index < -0.39 is 0 Å². The summed E-state index contributed by atoms with van der Waals surface area (Å²) >= 11 is 1.56. The quantitative estimate of drug-likeness (QED) is 0.741. The number of nitrogen functional groups attached to an aromatic ring is 1. The Balaban J connectivity index is 2.11. The molecule has 0 radical (unpaired) electrons. The van der Waals surface area contributed by atoms with Crippen LogP contribution in [-0.4, -0.2) is 24.2 Å². The molecule has 5 nitrogen and oxygen atoms in total. The summed E-state index contributed by atoms with van der Waals surface area (Å²) in [7, 11) is 3.22. The van der Waals surface area contributed by atoms with E-state index in [4.69, 9.17) is 15.2 Å². The van der Waals surface area contributed by atoms with Crippen LogP contribution in [0.4, 0.5) is 5.95 Å². The number of hydrogen-bond donors (Lipinski definition) is 1. The predicted molar refractivity (Wildman–Crippen MR) is 100 cm³/mol. The molecule has 128 valence electrons. The lowest BCUT2D eigenvalue weighted by molar-refractivity contribution is 0.387. The predicted octanol–water partition coefficient (Wildman–Crippen LogP) is 4.20. The molecule has 0 spiro atoms. The highest BCUT2D eigenvalue weighted by Crippen LogP contribution is 2.41. The van der Waals surface area contributed by atoms with Crippen molar-refractivity contribution in [2.24, 2.45) is 0 Å². The van der Waals surface area contributed by atoms with Crippen LogP contribution in [0.5, 0.6) is 11.6 Å². The van der Waals surface area contributed by atoms with Gasteiger partial charge in [0.05, 0.1) is 19.9 Å². The van der Waals surface area contributed by atoms with E-state index in [0.717, 1.165) is 26.8 Å². The first-order valence-electron chi connectivity index (χ1n) is 7.71. The van der Waals surface area contributed by atoms with Crippen molar-refractivity contribution in [3.05, 3.63) is 54.1 Å². The number of aromatic nitrogens is 2. The monoisotopic (exact) mass is 353 g/mol. The summed E-state index contributed by atoms with van der Waals surface area (Å²) < 4.78 is 10.7. The molecule has 2 aromatic carbocycles. The third-order valence-electron chi connectivity index (χ3n) is 3.62. The van der Waals surface area contributed by atoms with E-state index in [9.17, 15) is 0 Å². The van der Waals surface area contributed by atoms with E-state index in [1.807, 2.05) is 36.4 Å². The first-order valence-corrected chi connectivity index (χ1v) is 8.53. The summed E-state index contributed by atoms with van der Waals surface area (Å²) in [6, 6.07) is 15.9. The molecule has 2 N–H and O–H groups in total. The van der Waals surface area contributed by atoms with E-state index in [1.54, 1.807) is 26.0 Å². The number of hydrogen-bond acceptors (Lipinski definition) is 6. The fourth-order valence-electron chi connectivity index (χ4n) is 2.42. The molecule has 6 heteroatoms. The van der Waals surface area contributed by atoms with Gasteiger partial charge in [0.2, 0.25) is 11.8 Å². The molecule has 3 aromatic rings. The van der Waals surface area contributed by atoms with Crippen molar-refractivity contribution in [2.75, 3.05) is 20.0 Å². The molecule has 0 unspecified atom stereocenters. The number of rotatable bonds is 5. The molecule has 3 rings (SSSR count). The molecule has 0 aliphatic carbocycles.